The van der Waals surface area contributed by atoms with Crippen LogP contribution in [0.3, 0.4) is 0 Å². The molecule has 0 unspecified atom stereocenters. The van der Waals surface area contributed by atoms with Crippen LogP contribution in [0.15, 0.2) is 42.5 Å². The van der Waals surface area contributed by atoms with Gasteiger partial charge in [-0.2, -0.15) is 0 Å². The number of esters is 1. The Hall–Kier alpha value is -3.95. The van der Waals surface area contributed by atoms with E-state index >= 15 is 0 Å². The highest BCUT2D eigenvalue weighted by molar-refractivity contribution is 5.97. The minimum atomic E-state index is -0.802. The number of nitro groups is 1. The van der Waals surface area contributed by atoms with Crippen molar-refractivity contribution in [2.24, 2.45) is 0 Å². The number of methoxy groups -OCH3 is 1. The molecule has 2 aromatic carbocycles. The van der Waals surface area contributed by atoms with E-state index < -0.39 is 23.4 Å². The van der Waals surface area contributed by atoms with Gasteiger partial charge in [-0.05, 0) is 30.3 Å². The Balaban J connectivity index is 1.98. The second-order valence-corrected chi connectivity index (χ2v) is 5.52. The summed E-state index contributed by atoms with van der Waals surface area (Å²) < 4.78 is 10.0. The third-order valence-corrected chi connectivity index (χ3v) is 3.44. The lowest BCUT2D eigenvalue weighted by molar-refractivity contribution is -0.384. The molecule has 0 aliphatic carbocycles. The Kier molecular flexibility index (Phi) is 6.63. The Morgan fingerprint density at radius 1 is 1.07 bits per heavy atom. The predicted octanol–water partition coefficient (Wildman–Crippen LogP) is 2.36. The van der Waals surface area contributed by atoms with Crippen LogP contribution in [0.25, 0.3) is 0 Å². The molecule has 0 aliphatic heterocycles. The largest absolute Gasteiger partial charge is 0.495 e. The number of amides is 2. The number of ether oxygens (including phenoxy) is 2. The third-order valence-electron chi connectivity index (χ3n) is 3.44. The SMILES string of the molecule is COc1ccc(NC(C)=O)cc1NC(=O)COC(=O)c1ccc([N+](=O)[O-])cc1. The van der Waals surface area contributed by atoms with Gasteiger partial charge in [-0.25, -0.2) is 4.79 Å². The van der Waals surface area contributed by atoms with Crippen LogP contribution in [0.2, 0.25) is 0 Å². The highest BCUT2D eigenvalue weighted by Crippen LogP contribution is 2.27. The number of carbonyl (C=O) groups excluding carboxylic acids is 3. The molecule has 2 N–H and O–H groups in total. The predicted molar refractivity (Wildman–Crippen MR) is 99.3 cm³/mol. The average Bonchev–Trinajstić information content (AvgIpc) is 2.66. The lowest BCUT2D eigenvalue weighted by Gasteiger charge is -2.12. The fourth-order valence-electron chi connectivity index (χ4n) is 2.21. The molecule has 28 heavy (non-hydrogen) atoms. The number of rotatable bonds is 7. The van der Waals surface area contributed by atoms with Gasteiger partial charge in [0.05, 0.1) is 23.3 Å². The van der Waals surface area contributed by atoms with Crippen LogP contribution in [-0.2, 0) is 14.3 Å². The third kappa shape index (κ3) is 5.53. The summed E-state index contributed by atoms with van der Waals surface area (Å²) in [7, 11) is 1.41. The first-order chi connectivity index (χ1) is 13.3. The molecule has 0 saturated carbocycles. The van der Waals surface area contributed by atoms with Gasteiger partial charge in [-0.15, -0.1) is 0 Å². The second kappa shape index (κ2) is 9.12. The number of nitro benzene ring substituents is 1. The molecule has 2 aromatic rings. The van der Waals surface area contributed by atoms with Crippen molar-refractivity contribution in [3.8, 4) is 5.75 Å². The molecule has 0 saturated heterocycles. The maximum absolute atomic E-state index is 12.1. The zero-order valence-electron chi connectivity index (χ0n) is 15.1. The quantitative estimate of drug-likeness (QED) is 0.423. The maximum atomic E-state index is 12.1. The number of carbonyl (C=O) groups is 3. The molecule has 0 bridgehead atoms. The number of hydrogen-bond acceptors (Lipinski definition) is 7. The van der Waals surface area contributed by atoms with E-state index in [0.29, 0.717) is 11.4 Å². The number of anilines is 2. The van der Waals surface area contributed by atoms with Crippen LogP contribution in [0, 0.1) is 10.1 Å². The summed E-state index contributed by atoms with van der Waals surface area (Å²) in [4.78, 5) is 45.2. The maximum Gasteiger partial charge on any atom is 0.338 e. The summed E-state index contributed by atoms with van der Waals surface area (Å²) >= 11 is 0. The molecule has 10 nitrogen and oxygen atoms in total. The average molecular weight is 387 g/mol. The van der Waals surface area contributed by atoms with Crippen LogP contribution < -0.4 is 15.4 Å². The molecule has 2 rings (SSSR count). The van der Waals surface area contributed by atoms with E-state index in [2.05, 4.69) is 10.6 Å². The van der Waals surface area contributed by atoms with E-state index in [9.17, 15) is 24.5 Å². The monoisotopic (exact) mass is 387 g/mol. The minimum absolute atomic E-state index is 0.0728. The first kappa shape index (κ1) is 20.4. The van der Waals surface area contributed by atoms with Crippen molar-refractivity contribution in [2.45, 2.75) is 6.92 Å². The van der Waals surface area contributed by atoms with E-state index in [1.165, 1.54) is 32.2 Å². The van der Waals surface area contributed by atoms with Gasteiger partial charge in [0, 0.05) is 24.7 Å². The van der Waals surface area contributed by atoms with Gasteiger partial charge in [0.25, 0.3) is 11.6 Å². The Morgan fingerprint density at radius 2 is 1.75 bits per heavy atom. The molecule has 0 atom stereocenters. The summed E-state index contributed by atoms with van der Waals surface area (Å²) in [6.07, 6.45) is 0. The number of nitrogens with zero attached hydrogens (tertiary/aromatic N) is 1. The van der Waals surface area contributed by atoms with E-state index in [-0.39, 0.29) is 22.8 Å². The molecule has 146 valence electrons. The summed E-state index contributed by atoms with van der Waals surface area (Å²) in [5.41, 5.74) is 0.640. The van der Waals surface area contributed by atoms with E-state index in [1.807, 2.05) is 0 Å². The first-order valence-corrected chi connectivity index (χ1v) is 7.97. The molecule has 0 aromatic heterocycles. The fourth-order valence-corrected chi connectivity index (χ4v) is 2.21. The molecule has 0 heterocycles. The molecule has 0 aliphatic rings. The zero-order valence-corrected chi connectivity index (χ0v) is 15.1. The molecule has 0 radical (unpaired) electrons. The Morgan fingerprint density at radius 3 is 2.32 bits per heavy atom. The second-order valence-electron chi connectivity index (χ2n) is 5.52. The normalized spacial score (nSPS) is 9.93. The number of nitrogens with one attached hydrogen (secondary N) is 2. The van der Waals surface area contributed by atoms with Crippen LogP contribution in [0.1, 0.15) is 17.3 Å². The van der Waals surface area contributed by atoms with E-state index in [1.54, 1.807) is 12.1 Å². The van der Waals surface area contributed by atoms with Crippen molar-refractivity contribution in [3.63, 3.8) is 0 Å². The van der Waals surface area contributed by atoms with Gasteiger partial charge in [-0.3, -0.25) is 19.7 Å². The summed E-state index contributed by atoms with van der Waals surface area (Å²) in [5, 5.41) is 15.7. The fraction of sp³-hybridized carbons (Fsp3) is 0.167. The van der Waals surface area contributed by atoms with Crippen molar-refractivity contribution in [1.82, 2.24) is 0 Å². The van der Waals surface area contributed by atoms with Gasteiger partial charge in [0.1, 0.15) is 5.75 Å². The molecule has 2 amide bonds. The number of hydrogen-bond donors (Lipinski definition) is 2. The number of non-ortho nitro benzene ring substituents is 1. The Labute approximate surface area is 159 Å². The van der Waals surface area contributed by atoms with Gasteiger partial charge < -0.3 is 20.1 Å². The molecule has 10 heteroatoms. The van der Waals surface area contributed by atoms with Gasteiger partial charge >= 0.3 is 5.97 Å². The summed E-state index contributed by atoms with van der Waals surface area (Å²) in [6.45, 7) is 0.767. The smallest absolute Gasteiger partial charge is 0.338 e. The van der Waals surface area contributed by atoms with Gasteiger partial charge in [-0.1, -0.05) is 0 Å². The lowest BCUT2D eigenvalue weighted by Crippen LogP contribution is -2.21. The van der Waals surface area contributed by atoms with Crippen molar-refractivity contribution in [3.05, 3.63) is 58.1 Å². The van der Waals surface area contributed by atoms with Gasteiger partial charge in [0.2, 0.25) is 5.91 Å². The van der Waals surface area contributed by atoms with Crippen LogP contribution >= 0.6 is 0 Å². The van der Waals surface area contributed by atoms with Crippen molar-refractivity contribution >= 4 is 34.8 Å². The van der Waals surface area contributed by atoms with Crippen LogP contribution in [0.4, 0.5) is 17.1 Å². The lowest BCUT2D eigenvalue weighted by atomic mass is 10.2. The summed E-state index contributed by atoms with van der Waals surface area (Å²) in [5.74, 6) is -1.36. The van der Waals surface area contributed by atoms with E-state index in [0.717, 1.165) is 12.1 Å². The summed E-state index contributed by atoms with van der Waals surface area (Å²) in [6, 6.07) is 9.45. The topological polar surface area (TPSA) is 137 Å². The first-order valence-electron chi connectivity index (χ1n) is 7.97. The van der Waals surface area contributed by atoms with Crippen molar-refractivity contribution in [1.29, 1.82) is 0 Å². The highest BCUT2D eigenvalue weighted by atomic mass is 16.6. The van der Waals surface area contributed by atoms with Crippen molar-refractivity contribution < 1.29 is 28.8 Å². The highest BCUT2D eigenvalue weighted by Gasteiger charge is 2.14. The van der Waals surface area contributed by atoms with Crippen molar-refractivity contribution in [2.75, 3.05) is 24.4 Å². The molecule has 0 spiro atoms. The van der Waals surface area contributed by atoms with Crippen LogP contribution in [0.5, 0.6) is 5.75 Å². The zero-order chi connectivity index (χ0) is 20.7. The Bertz CT molecular complexity index is 910. The van der Waals surface area contributed by atoms with Crippen LogP contribution in [-0.4, -0.2) is 36.4 Å². The van der Waals surface area contributed by atoms with E-state index in [4.69, 9.17) is 9.47 Å². The molecular formula is C18H17N3O7. The van der Waals surface area contributed by atoms with Gasteiger partial charge in [0.15, 0.2) is 6.61 Å². The minimum Gasteiger partial charge on any atom is -0.495 e. The molecular weight excluding hydrogens is 370 g/mol. The molecule has 0 fully saturated rings. The standard InChI is InChI=1S/C18H17N3O7/c1-11(22)19-13-5-8-16(27-2)15(9-13)20-17(23)10-28-18(24)12-3-6-14(7-4-12)21(25)26/h3-9H,10H2,1-2H3,(H,19,22)(H,20,23). The number of benzene rings is 2.